The van der Waals surface area contributed by atoms with E-state index in [0.717, 1.165) is 5.56 Å². The minimum Gasteiger partial charge on any atom is -0.394 e. The van der Waals surface area contributed by atoms with E-state index in [1.807, 2.05) is 30.3 Å². The number of aliphatic hydroxyl groups is 2. The maximum atomic E-state index is 12.1. The van der Waals surface area contributed by atoms with Crippen LogP contribution in [0.3, 0.4) is 0 Å². The fourth-order valence-corrected chi connectivity index (χ4v) is 2.02. The van der Waals surface area contributed by atoms with Gasteiger partial charge in [-0.2, -0.15) is 0 Å². The van der Waals surface area contributed by atoms with Gasteiger partial charge in [0, 0.05) is 6.61 Å². The van der Waals surface area contributed by atoms with E-state index in [1.165, 1.54) is 0 Å². The number of carbonyl (C=O) groups is 1. The number of ether oxygens (including phenoxy) is 1. The monoisotopic (exact) mass is 296 g/mol. The van der Waals surface area contributed by atoms with E-state index in [4.69, 9.17) is 10.5 Å². The molecular formula is C15H24N2O4. The normalized spacial score (nSPS) is 15.2. The van der Waals surface area contributed by atoms with Crippen LogP contribution in [0.4, 0.5) is 0 Å². The Hall–Kier alpha value is -1.47. The third-order valence-electron chi connectivity index (χ3n) is 3.17. The molecule has 118 valence electrons. The Balaban J connectivity index is 2.56. The molecule has 0 bridgehead atoms. The number of aliphatic hydroxyl groups excluding tert-OH is 2. The van der Waals surface area contributed by atoms with Crippen molar-refractivity contribution in [2.75, 3.05) is 19.8 Å². The molecule has 0 saturated carbocycles. The molecule has 0 heterocycles. The van der Waals surface area contributed by atoms with E-state index in [9.17, 15) is 15.0 Å². The fraction of sp³-hybridized carbons (Fsp3) is 0.533. The molecule has 0 aliphatic rings. The lowest BCUT2D eigenvalue weighted by molar-refractivity contribution is -0.125. The van der Waals surface area contributed by atoms with Gasteiger partial charge in [-0.1, -0.05) is 30.3 Å². The summed E-state index contributed by atoms with van der Waals surface area (Å²) >= 11 is 0. The summed E-state index contributed by atoms with van der Waals surface area (Å²) in [5.41, 5.74) is 6.83. The summed E-state index contributed by atoms with van der Waals surface area (Å²) < 4.78 is 5.28. The Morgan fingerprint density at radius 3 is 2.48 bits per heavy atom. The highest BCUT2D eigenvalue weighted by Gasteiger charge is 2.25. The van der Waals surface area contributed by atoms with E-state index in [0.29, 0.717) is 13.0 Å². The molecule has 1 amide bonds. The minimum absolute atomic E-state index is 0.284. The number of rotatable bonds is 9. The number of benzene rings is 1. The largest absolute Gasteiger partial charge is 0.394 e. The topological polar surface area (TPSA) is 105 Å². The van der Waals surface area contributed by atoms with Crippen LogP contribution in [-0.2, 0) is 16.0 Å². The molecule has 0 fully saturated rings. The second-order valence-electron chi connectivity index (χ2n) is 4.77. The lowest BCUT2D eigenvalue weighted by Crippen LogP contribution is -2.53. The van der Waals surface area contributed by atoms with Gasteiger partial charge < -0.3 is 26.0 Å². The number of nitrogens with one attached hydrogen (secondary N) is 1. The summed E-state index contributed by atoms with van der Waals surface area (Å²) in [6, 6.07) is 8.05. The van der Waals surface area contributed by atoms with Gasteiger partial charge in [0.2, 0.25) is 5.91 Å². The predicted octanol–water partition coefficient (Wildman–Crippen LogP) is -0.569. The molecule has 5 N–H and O–H groups in total. The minimum atomic E-state index is -0.720. The van der Waals surface area contributed by atoms with Gasteiger partial charge in [-0.25, -0.2) is 0 Å². The first kappa shape index (κ1) is 17.6. The molecule has 1 aromatic rings. The Kier molecular flexibility index (Phi) is 7.92. The molecule has 1 rings (SSSR count). The van der Waals surface area contributed by atoms with Crippen molar-refractivity contribution in [2.45, 2.75) is 31.5 Å². The zero-order valence-corrected chi connectivity index (χ0v) is 12.2. The SMILES string of the molecule is CCO[C@H](CO)C(CO)NC(=O)C(N)Cc1ccccc1. The van der Waals surface area contributed by atoms with Gasteiger partial charge in [-0.05, 0) is 18.9 Å². The van der Waals surface area contributed by atoms with E-state index < -0.39 is 18.2 Å². The van der Waals surface area contributed by atoms with Crippen LogP contribution in [0, 0.1) is 0 Å². The van der Waals surface area contributed by atoms with Gasteiger partial charge >= 0.3 is 0 Å². The summed E-state index contributed by atoms with van der Waals surface area (Å²) in [5, 5.41) is 21.2. The van der Waals surface area contributed by atoms with E-state index in [2.05, 4.69) is 5.32 Å². The average molecular weight is 296 g/mol. The van der Waals surface area contributed by atoms with Crippen molar-refractivity contribution in [3.05, 3.63) is 35.9 Å². The summed E-state index contributed by atoms with van der Waals surface area (Å²) in [6.07, 6.45) is -0.239. The zero-order valence-electron chi connectivity index (χ0n) is 12.2. The van der Waals surface area contributed by atoms with Crippen LogP contribution in [0.5, 0.6) is 0 Å². The van der Waals surface area contributed by atoms with Crippen LogP contribution in [0.25, 0.3) is 0 Å². The molecule has 3 atom stereocenters. The van der Waals surface area contributed by atoms with Gasteiger partial charge in [0.05, 0.1) is 25.3 Å². The van der Waals surface area contributed by atoms with Crippen LogP contribution in [0.15, 0.2) is 30.3 Å². The van der Waals surface area contributed by atoms with Crippen molar-refractivity contribution in [2.24, 2.45) is 5.73 Å². The second kappa shape index (κ2) is 9.46. The lowest BCUT2D eigenvalue weighted by Gasteiger charge is -2.26. The highest BCUT2D eigenvalue weighted by Crippen LogP contribution is 2.04. The maximum absolute atomic E-state index is 12.1. The summed E-state index contributed by atoms with van der Waals surface area (Å²) in [6.45, 7) is 1.55. The zero-order chi connectivity index (χ0) is 15.7. The molecular weight excluding hydrogens is 272 g/mol. The molecule has 0 spiro atoms. The molecule has 0 saturated heterocycles. The van der Waals surface area contributed by atoms with Gasteiger partial charge in [0.15, 0.2) is 0 Å². The molecule has 6 heteroatoms. The quantitative estimate of drug-likeness (QED) is 0.488. The summed E-state index contributed by atoms with van der Waals surface area (Å²) in [5.74, 6) is -0.379. The third kappa shape index (κ3) is 5.81. The first-order chi connectivity index (χ1) is 10.1. The average Bonchev–Trinajstić information content (AvgIpc) is 2.51. The van der Waals surface area contributed by atoms with Crippen molar-refractivity contribution in [1.29, 1.82) is 0 Å². The van der Waals surface area contributed by atoms with Crippen molar-refractivity contribution in [3.8, 4) is 0 Å². The van der Waals surface area contributed by atoms with Gasteiger partial charge in [0.1, 0.15) is 6.10 Å². The highest BCUT2D eigenvalue weighted by atomic mass is 16.5. The standard InChI is InChI=1S/C15H24N2O4/c1-2-21-14(10-19)13(9-18)17-15(20)12(16)8-11-6-4-3-5-7-11/h3-7,12-14,18-19H,2,8-10,16H2,1H3,(H,17,20)/t12?,13?,14-/m1/s1. The van der Waals surface area contributed by atoms with Crippen molar-refractivity contribution in [1.82, 2.24) is 5.32 Å². The van der Waals surface area contributed by atoms with E-state index in [1.54, 1.807) is 6.92 Å². The van der Waals surface area contributed by atoms with Crippen LogP contribution < -0.4 is 11.1 Å². The Bertz CT molecular complexity index is 413. The molecule has 2 unspecified atom stereocenters. The highest BCUT2D eigenvalue weighted by molar-refractivity contribution is 5.82. The van der Waals surface area contributed by atoms with Gasteiger partial charge in [-0.15, -0.1) is 0 Å². The number of nitrogens with two attached hydrogens (primary N) is 1. The Morgan fingerprint density at radius 2 is 1.95 bits per heavy atom. The van der Waals surface area contributed by atoms with Crippen molar-refractivity contribution in [3.63, 3.8) is 0 Å². The van der Waals surface area contributed by atoms with Crippen LogP contribution >= 0.6 is 0 Å². The fourth-order valence-electron chi connectivity index (χ4n) is 2.02. The van der Waals surface area contributed by atoms with Crippen molar-refractivity contribution < 1.29 is 19.7 Å². The van der Waals surface area contributed by atoms with Crippen LogP contribution in [-0.4, -0.2) is 54.1 Å². The lowest BCUT2D eigenvalue weighted by atomic mass is 10.1. The number of hydrogen-bond acceptors (Lipinski definition) is 5. The maximum Gasteiger partial charge on any atom is 0.237 e. The first-order valence-corrected chi connectivity index (χ1v) is 7.05. The molecule has 0 aromatic heterocycles. The van der Waals surface area contributed by atoms with Crippen molar-refractivity contribution >= 4 is 5.91 Å². The molecule has 0 aliphatic carbocycles. The number of carbonyl (C=O) groups excluding carboxylic acids is 1. The predicted molar refractivity (Wildman–Crippen MR) is 79.6 cm³/mol. The molecule has 21 heavy (non-hydrogen) atoms. The Labute approximate surface area is 124 Å². The second-order valence-corrected chi connectivity index (χ2v) is 4.77. The van der Waals surface area contributed by atoms with Crippen LogP contribution in [0.2, 0.25) is 0 Å². The number of amides is 1. The van der Waals surface area contributed by atoms with Crippen LogP contribution in [0.1, 0.15) is 12.5 Å². The van der Waals surface area contributed by atoms with E-state index in [-0.39, 0.29) is 19.1 Å². The van der Waals surface area contributed by atoms with Gasteiger partial charge in [-0.3, -0.25) is 4.79 Å². The smallest absolute Gasteiger partial charge is 0.237 e. The van der Waals surface area contributed by atoms with E-state index >= 15 is 0 Å². The summed E-state index contributed by atoms with van der Waals surface area (Å²) in [7, 11) is 0. The number of hydrogen-bond donors (Lipinski definition) is 4. The molecule has 0 aliphatic heterocycles. The third-order valence-corrected chi connectivity index (χ3v) is 3.17. The first-order valence-electron chi connectivity index (χ1n) is 7.05. The molecule has 0 radical (unpaired) electrons. The summed E-state index contributed by atoms with van der Waals surface area (Å²) in [4.78, 5) is 12.1. The van der Waals surface area contributed by atoms with Gasteiger partial charge in [0.25, 0.3) is 0 Å². The molecule has 1 aromatic carbocycles. The molecule has 6 nitrogen and oxygen atoms in total. The Morgan fingerprint density at radius 1 is 1.29 bits per heavy atom.